The van der Waals surface area contributed by atoms with Crippen LogP contribution in [0.25, 0.3) is 0 Å². The number of aliphatic hydroxyl groups is 1. The Morgan fingerprint density at radius 2 is 1.72 bits per heavy atom. The van der Waals surface area contributed by atoms with Gasteiger partial charge in [0.15, 0.2) is 11.5 Å². The van der Waals surface area contributed by atoms with E-state index in [1.807, 2.05) is 18.2 Å². The van der Waals surface area contributed by atoms with Crippen molar-refractivity contribution in [1.29, 1.82) is 0 Å². The van der Waals surface area contributed by atoms with Crippen LogP contribution in [0.3, 0.4) is 0 Å². The van der Waals surface area contributed by atoms with Crippen LogP contribution in [0.2, 0.25) is 0 Å². The standard InChI is InChI=1S/C20H27NO3.ClH/c1-4-18(13-22)21-12-17-9-10-19(20(11-17)23-3)24-14-16-7-5-15(2)6-8-16;/h5-11,18,21-22H,4,12-14H2,1-3H3;1H. The second-order valence-electron chi connectivity index (χ2n) is 5.93. The van der Waals surface area contributed by atoms with E-state index in [2.05, 4.69) is 43.4 Å². The molecule has 0 aromatic heterocycles. The number of rotatable bonds is 9. The summed E-state index contributed by atoms with van der Waals surface area (Å²) in [5, 5.41) is 12.6. The summed E-state index contributed by atoms with van der Waals surface area (Å²) in [6.45, 7) is 5.46. The monoisotopic (exact) mass is 365 g/mol. The van der Waals surface area contributed by atoms with Gasteiger partial charge in [-0.05, 0) is 36.6 Å². The van der Waals surface area contributed by atoms with Gasteiger partial charge < -0.3 is 19.9 Å². The number of hydrogen-bond donors (Lipinski definition) is 2. The van der Waals surface area contributed by atoms with E-state index in [0.29, 0.717) is 13.2 Å². The average molecular weight is 366 g/mol. The molecule has 2 aromatic carbocycles. The van der Waals surface area contributed by atoms with Gasteiger partial charge in [-0.25, -0.2) is 0 Å². The number of aliphatic hydroxyl groups excluding tert-OH is 1. The molecule has 2 rings (SSSR count). The number of ether oxygens (including phenoxy) is 2. The van der Waals surface area contributed by atoms with Crippen LogP contribution in [-0.2, 0) is 13.2 Å². The second-order valence-corrected chi connectivity index (χ2v) is 5.93. The highest BCUT2D eigenvalue weighted by atomic mass is 35.5. The van der Waals surface area contributed by atoms with Crippen molar-refractivity contribution in [3.63, 3.8) is 0 Å². The first-order chi connectivity index (χ1) is 11.7. The molecule has 138 valence electrons. The molecule has 0 aliphatic carbocycles. The summed E-state index contributed by atoms with van der Waals surface area (Å²) < 4.78 is 11.3. The quantitative estimate of drug-likeness (QED) is 0.708. The smallest absolute Gasteiger partial charge is 0.161 e. The van der Waals surface area contributed by atoms with Crippen molar-refractivity contribution in [2.75, 3.05) is 13.7 Å². The molecule has 0 spiro atoms. The lowest BCUT2D eigenvalue weighted by Crippen LogP contribution is -2.31. The molecule has 0 heterocycles. The molecule has 2 N–H and O–H groups in total. The van der Waals surface area contributed by atoms with Gasteiger partial charge in [-0.2, -0.15) is 0 Å². The molecular formula is C20H28ClNO3. The molecule has 25 heavy (non-hydrogen) atoms. The fourth-order valence-electron chi connectivity index (χ4n) is 2.39. The van der Waals surface area contributed by atoms with Crippen LogP contribution < -0.4 is 14.8 Å². The Kier molecular flexibility index (Phi) is 9.35. The third kappa shape index (κ3) is 6.58. The number of nitrogens with one attached hydrogen (secondary N) is 1. The van der Waals surface area contributed by atoms with Crippen LogP contribution in [0.4, 0.5) is 0 Å². The van der Waals surface area contributed by atoms with E-state index < -0.39 is 0 Å². The summed E-state index contributed by atoms with van der Waals surface area (Å²) in [6.07, 6.45) is 0.894. The maximum atomic E-state index is 9.24. The third-order valence-corrected chi connectivity index (χ3v) is 4.05. The van der Waals surface area contributed by atoms with Gasteiger partial charge >= 0.3 is 0 Å². The van der Waals surface area contributed by atoms with Crippen LogP contribution in [0.1, 0.15) is 30.0 Å². The molecule has 0 aliphatic rings. The molecule has 0 saturated carbocycles. The summed E-state index contributed by atoms with van der Waals surface area (Å²) in [5.74, 6) is 1.45. The number of methoxy groups -OCH3 is 1. The summed E-state index contributed by atoms with van der Waals surface area (Å²) in [7, 11) is 1.65. The van der Waals surface area contributed by atoms with E-state index in [4.69, 9.17) is 9.47 Å². The molecule has 0 amide bonds. The van der Waals surface area contributed by atoms with Crippen molar-refractivity contribution in [1.82, 2.24) is 5.32 Å². The van der Waals surface area contributed by atoms with Crippen molar-refractivity contribution >= 4 is 12.4 Å². The summed E-state index contributed by atoms with van der Waals surface area (Å²) in [4.78, 5) is 0. The predicted octanol–water partition coefficient (Wildman–Crippen LogP) is 3.86. The topological polar surface area (TPSA) is 50.7 Å². The van der Waals surface area contributed by atoms with Crippen LogP contribution in [0.15, 0.2) is 42.5 Å². The van der Waals surface area contributed by atoms with Gasteiger partial charge in [-0.1, -0.05) is 42.8 Å². The first kappa shape index (κ1) is 21.3. The van der Waals surface area contributed by atoms with Crippen molar-refractivity contribution in [3.8, 4) is 11.5 Å². The lowest BCUT2D eigenvalue weighted by atomic mass is 10.1. The molecule has 1 atom stereocenters. The first-order valence-electron chi connectivity index (χ1n) is 8.35. The van der Waals surface area contributed by atoms with Crippen LogP contribution in [0.5, 0.6) is 11.5 Å². The zero-order valence-corrected chi connectivity index (χ0v) is 15.9. The fourth-order valence-corrected chi connectivity index (χ4v) is 2.39. The molecule has 4 nitrogen and oxygen atoms in total. The maximum absolute atomic E-state index is 9.24. The Morgan fingerprint density at radius 1 is 1.04 bits per heavy atom. The van der Waals surface area contributed by atoms with E-state index in [-0.39, 0.29) is 25.1 Å². The van der Waals surface area contributed by atoms with Crippen LogP contribution >= 0.6 is 12.4 Å². The van der Waals surface area contributed by atoms with Gasteiger partial charge in [-0.15, -0.1) is 12.4 Å². The molecule has 2 aromatic rings. The van der Waals surface area contributed by atoms with Crippen molar-refractivity contribution < 1.29 is 14.6 Å². The van der Waals surface area contributed by atoms with E-state index >= 15 is 0 Å². The normalized spacial score (nSPS) is 11.5. The summed E-state index contributed by atoms with van der Waals surface area (Å²) >= 11 is 0. The second kappa shape index (κ2) is 11.0. The largest absolute Gasteiger partial charge is 0.493 e. The Morgan fingerprint density at radius 3 is 2.32 bits per heavy atom. The minimum Gasteiger partial charge on any atom is -0.493 e. The molecule has 0 fully saturated rings. The van der Waals surface area contributed by atoms with Crippen molar-refractivity contribution in [3.05, 3.63) is 59.2 Å². The van der Waals surface area contributed by atoms with E-state index in [0.717, 1.165) is 29.0 Å². The molecular weight excluding hydrogens is 338 g/mol. The molecule has 0 bridgehead atoms. The Labute approximate surface area is 156 Å². The molecule has 0 aliphatic heterocycles. The van der Waals surface area contributed by atoms with Gasteiger partial charge in [0, 0.05) is 12.6 Å². The number of aryl methyl sites for hydroxylation is 1. The Hall–Kier alpha value is -1.75. The highest BCUT2D eigenvalue weighted by Crippen LogP contribution is 2.29. The van der Waals surface area contributed by atoms with Gasteiger partial charge in [0.05, 0.1) is 13.7 Å². The minimum atomic E-state index is 0. The highest BCUT2D eigenvalue weighted by molar-refractivity contribution is 5.85. The first-order valence-corrected chi connectivity index (χ1v) is 8.35. The van der Waals surface area contributed by atoms with Gasteiger partial charge in [0.1, 0.15) is 6.61 Å². The summed E-state index contributed by atoms with van der Waals surface area (Å²) in [5.41, 5.74) is 3.46. The Balaban J connectivity index is 0.00000312. The summed E-state index contributed by atoms with van der Waals surface area (Å²) in [6, 6.07) is 14.3. The van der Waals surface area contributed by atoms with E-state index in [1.54, 1.807) is 7.11 Å². The average Bonchev–Trinajstić information content (AvgIpc) is 2.62. The van der Waals surface area contributed by atoms with Crippen molar-refractivity contribution in [2.45, 2.75) is 39.5 Å². The maximum Gasteiger partial charge on any atom is 0.161 e. The zero-order valence-electron chi connectivity index (χ0n) is 15.1. The fraction of sp³-hybridized carbons (Fsp3) is 0.400. The van der Waals surface area contributed by atoms with E-state index in [1.165, 1.54) is 5.56 Å². The van der Waals surface area contributed by atoms with Crippen LogP contribution in [-0.4, -0.2) is 24.9 Å². The number of hydrogen-bond acceptors (Lipinski definition) is 4. The van der Waals surface area contributed by atoms with Gasteiger partial charge in [0.25, 0.3) is 0 Å². The SMILES string of the molecule is CCC(CO)NCc1ccc(OCc2ccc(C)cc2)c(OC)c1.Cl. The van der Waals surface area contributed by atoms with Crippen LogP contribution in [0, 0.1) is 6.92 Å². The molecule has 5 heteroatoms. The van der Waals surface area contributed by atoms with Gasteiger partial charge in [-0.3, -0.25) is 0 Å². The molecule has 0 saturated heterocycles. The Bertz CT molecular complexity index is 627. The minimum absolute atomic E-state index is 0. The predicted molar refractivity (Wildman–Crippen MR) is 104 cm³/mol. The van der Waals surface area contributed by atoms with E-state index in [9.17, 15) is 5.11 Å². The molecule has 0 radical (unpaired) electrons. The highest BCUT2D eigenvalue weighted by Gasteiger charge is 2.08. The third-order valence-electron chi connectivity index (χ3n) is 4.05. The lowest BCUT2D eigenvalue weighted by Gasteiger charge is -2.16. The number of halogens is 1. The number of benzene rings is 2. The van der Waals surface area contributed by atoms with Crippen molar-refractivity contribution in [2.24, 2.45) is 0 Å². The van der Waals surface area contributed by atoms with Gasteiger partial charge in [0.2, 0.25) is 0 Å². The zero-order chi connectivity index (χ0) is 17.4. The lowest BCUT2D eigenvalue weighted by molar-refractivity contribution is 0.238. The molecule has 1 unspecified atom stereocenters.